The molecule has 0 aliphatic carbocycles. The molecule has 0 saturated carbocycles. The van der Waals surface area contributed by atoms with Gasteiger partial charge < -0.3 is 11.1 Å². The van der Waals surface area contributed by atoms with Gasteiger partial charge in [0.15, 0.2) is 0 Å². The van der Waals surface area contributed by atoms with E-state index in [4.69, 9.17) is 29.6 Å². The van der Waals surface area contributed by atoms with Crippen LogP contribution >= 0.6 is 35.2 Å². The Morgan fingerprint density at radius 2 is 2.26 bits per heavy atom. The topological polar surface area (TPSA) is 38.0 Å². The van der Waals surface area contributed by atoms with Crippen molar-refractivity contribution in [2.45, 2.75) is 19.4 Å². The smallest absolute Gasteiger partial charge is 0.106 e. The highest BCUT2D eigenvalue weighted by Crippen LogP contribution is 2.22. The highest BCUT2D eigenvalue weighted by molar-refractivity contribution is 7.80. The first kappa shape index (κ1) is 14.3. The maximum atomic E-state index is 6.03. The standard InChI is InChI=1S/C14H15ClN2S2/c1-9(6-10-4-5-19-8-10)17-13-7-11(15)2-3-12(13)14(16)18/h2-5,7-9,17H,6H2,1H3,(H2,16,18). The summed E-state index contributed by atoms with van der Waals surface area (Å²) in [6.45, 7) is 2.13. The number of nitrogens with one attached hydrogen (secondary N) is 1. The van der Waals surface area contributed by atoms with E-state index in [9.17, 15) is 0 Å². The number of anilines is 1. The lowest BCUT2D eigenvalue weighted by Crippen LogP contribution is -2.21. The van der Waals surface area contributed by atoms with Crippen molar-refractivity contribution >= 4 is 45.8 Å². The maximum Gasteiger partial charge on any atom is 0.106 e. The fraction of sp³-hybridized carbons (Fsp3) is 0.214. The third-order valence-corrected chi connectivity index (χ3v) is 3.96. The summed E-state index contributed by atoms with van der Waals surface area (Å²) < 4.78 is 0. The number of rotatable bonds is 5. The Hall–Kier alpha value is -1.10. The third kappa shape index (κ3) is 3.93. The van der Waals surface area contributed by atoms with Gasteiger partial charge >= 0.3 is 0 Å². The maximum absolute atomic E-state index is 6.03. The zero-order valence-electron chi connectivity index (χ0n) is 10.5. The van der Waals surface area contributed by atoms with E-state index in [1.165, 1.54) is 5.56 Å². The summed E-state index contributed by atoms with van der Waals surface area (Å²) in [7, 11) is 0. The Balaban J connectivity index is 2.13. The molecule has 1 atom stereocenters. The first-order valence-corrected chi connectivity index (χ1v) is 7.66. The molecular formula is C14H15ClN2S2. The van der Waals surface area contributed by atoms with Crippen LogP contribution in [0.1, 0.15) is 18.1 Å². The van der Waals surface area contributed by atoms with E-state index >= 15 is 0 Å². The first-order valence-electron chi connectivity index (χ1n) is 5.93. The van der Waals surface area contributed by atoms with Gasteiger partial charge in [0, 0.05) is 22.3 Å². The van der Waals surface area contributed by atoms with Gasteiger partial charge in [-0.2, -0.15) is 11.3 Å². The van der Waals surface area contributed by atoms with Crippen LogP contribution in [0.15, 0.2) is 35.0 Å². The fourth-order valence-corrected chi connectivity index (χ4v) is 2.96. The lowest BCUT2D eigenvalue weighted by atomic mass is 10.1. The minimum Gasteiger partial charge on any atom is -0.389 e. The monoisotopic (exact) mass is 310 g/mol. The Kier molecular flexibility index (Phi) is 4.80. The summed E-state index contributed by atoms with van der Waals surface area (Å²) in [6.07, 6.45) is 0.951. The Morgan fingerprint density at radius 3 is 2.89 bits per heavy atom. The number of halogens is 1. The molecule has 2 rings (SSSR count). The number of hydrogen-bond donors (Lipinski definition) is 2. The predicted octanol–water partition coefficient (Wildman–Crippen LogP) is 4.08. The van der Waals surface area contributed by atoms with E-state index in [2.05, 4.69) is 29.1 Å². The van der Waals surface area contributed by atoms with E-state index < -0.39 is 0 Å². The van der Waals surface area contributed by atoms with Gasteiger partial charge in [0.05, 0.1) is 0 Å². The second-order valence-corrected chi connectivity index (χ2v) is 6.09. The SMILES string of the molecule is CC(Cc1ccsc1)Nc1cc(Cl)ccc1C(N)=S. The molecule has 1 heterocycles. The molecule has 0 bridgehead atoms. The molecule has 1 unspecified atom stereocenters. The number of benzene rings is 1. The van der Waals surface area contributed by atoms with Gasteiger partial charge in [-0.25, -0.2) is 0 Å². The van der Waals surface area contributed by atoms with Crippen LogP contribution in [0.3, 0.4) is 0 Å². The van der Waals surface area contributed by atoms with Crippen molar-refractivity contribution in [3.8, 4) is 0 Å². The number of nitrogens with two attached hydrogens (primary N) is 1. The van der Waals surface area contributed by atoms with Crippen molar-refractivity contribution in [2.75, 3.05) is 5.32 Å². The normalized spacial score (nSPS) is 12.1. The molecule has 2 nitrogen and oxygen atoms in total. The molecule has 5 heteroatoms. The van der Waals surface area contributed by atoms with Crippen molar-refractivity contribution in [3.05, 3.63) is 51.2 Å². The van der Waals surface area contributed by atoms with Gasteiger partial charge in [0.1, 0.15) is 4.99 Å². The van der Waals surface area contributed by atoms with Crippen LogP contribution in [0.25, 0.3) is 0 Å². The summed E-state index contributed by atoms with van der Waals surface area (Å²) in [5, 5.41) is 8.34. The molecule has 3 N–H and O–H groups in total. The number of thiophene rings is 1. The van der Waals surface area contributed by atoms with Crippen molar-refractivity contribution in [1.29, 1.82) is 0 Å². The molecule has 0 aliphatic heterocycles. The molecule has 0 spiro atoms. The van der Waals surface area contributed by atoms with Gasteiger partial charge in [0.25, 0.3) is 0 Å². The van der Waals surface area contributed by atoms with E-state index in [1.54, 1.807) is 17.4 Å². The van der Waals surface area contributed by atoms with Crippen molar-refractivity contribution in [2.24, 2.45) is 5.73 Å². The average Bonchev–Trinajstić information content (AvgIpc) is 2.81. The molecule has 1 aromatic carbocycles. The number of hydrogen-bond acceptors (Lipinski definition) is 3. The molecule has 0 radical (unpaired) electrons. The van der Waals surface area contributed by atoms with E-state index in [0.29, 0.717) is 10.0 Å². The van der Waals surface area contributed by atoms with Gasteiger partial charge in [-0.1, -0.05) is 23.8 Å². The van der Waals surface area contributed by atoms with Crippen LogP contribution in [0.2, 0.25) is 5.02 Å². The van der Waals surface area contributed by atoms with Gasteiger partial charge in [-0.3, -0.25) is 0 Å². The van der Waals surface area contributed by atoms with Crippen molar-refractivity contribution < 1.29 is 0 Å². The quantitative estimate of drug-likeness (QED) is 0.817. The van der Waals surface area contributed by atoms with Crippen LogP contribution < -0.4 is 11.1 Å². The highest BCUT2D eigenvalue weighted by atomic mass is 35.5. The lowest BCUT2D eigenvalue weighted by Gasteiger charge is -2.17. The van der Waals surface area contributed by atoms with Crippen LogP contribution in [-0.4, -0.2) is 11.0 Å². The first-order chi connectivity index (χ1) is 9.06. The van der Waals surface area contributed by atoms with E-state index in [-0.39, 0.29) is 6.04 Å². The van der Waals surface area contributed by atoms with Crippen LogP contribution in [0.4, 0.5) is 5.69 Å². The zero-order chi connectivity index (χ0) is 13.8. The molecule has 0 fully saturated rings. The lowest BCUT2D eigenvalue weighted by molar-refractivity contribution is 0.792. The summed E-state index contributed by atoms with van der Waals surface area (Å²) in [5.74, 6) is 0. The van der Waals surface area contributed by atoms with E-state index in [0.717, 1.165) is 17.7 Å². The fourth-order valence-electron chi connectivity index (χ4n) is 1.93. The predicted molar refractivity (Wildman–Crippen MR) is 88.4 cm³/mol. The Labute approximate surface area is 127 Å². The molecule has 0 saturated heterocycles. The van der Waals surface area contributed by atoms with Crippen molar-refractivity contribution in [3.63, 3.8) is 0 Å². The second kappa shape index (κ2) is 6.37. The number of thiocarbonyl (C=S) groups is 1. The van der Waals surface area contributed by atoms with Gasteiger partial charge in [0.2, 0.25) is 0 Å². The zero-order valence-corrected chi connectivity index (χ0v) is 12.9. The molecule has 2 aromatic rings. The highest BCUT2D eigenvalue weighted by Gasteiger charge is 2.10. The summed E-state index contributed by atoms with van der Waals surface area (Å²) in [4.78, 5) is 0.377. The van der Waals surface area contributed by atoms with Crippen LogP contribution in [0.5, 0.6) is 0 Å². The van der Waals surface area contributed by atoms with Crippen LogP contribution in [-0.2, 0) is 6.42 Å². The molecule has 0 amide bonds. The molecule has 100 valence electrons. The largest absolute Gasteiger partial charge is 0.389 e. The van der Waals surface area contributed by atoms with Gasteiger partial charge in [-0.15, -0.1) is 0 Å². The molecule has 19 heavy (non-hydrogen) atoms. The molecular weight excluding hydrogens is 296 g/mol. The Bertz CT molecular complexity index is 567. The average molecular weight is 311 g/mol. The molecule has 1 aromatic heterocycles. The molecule has 0 aliphatic rings. The van der Waals surface area contributed by atoms with Crippen molar-refractivity contribution in [1.82, 2.24) is 0 Å². The third-order valence-electron chi connectivity index (χ3n) is 2.77. The summed E-state index contributed by atoms with van der Waals surface area (Å²) in [5.41, 5.74) is 8.77. The van der Waals surface area contributed by atoms with Gasteiger partial charge in [-0.05, 0) is 53.9 Å². The summed E-state index contributed by atoms with van der Waals surface area (Å²) in [6, 6.07) is 7.92. The van der Waals surface area contributed by atoms with E-state index in [1.807, 2.05) is 12.1 Å². The Morgan fingerprint density at radius 1 is 1.47 bits per heavy atom. The summed E-state index contributed by atoms with van der Waals surface area (Å²) >= 11 is 12.8. The van der Waals surface area contributed by atoms with Crippen LogP contribution in [0, 0.1) is 0 Å². The minimum absolute atomic E-state index is 0.279. The minimum atomic E-state index is 0.279. The second-order valence-electron chi connectivity index (χ2n) is 4.44.